The second-order valence-electron chi connectivity index (χ2n) is 7.22. The van der Waals surface area contributed by atoms with Gasteiger partial charge >= 0.3 is 0 Å². The van der Waals surface area contributed by atoms with Crippen molar-refractivity contribution in [1.82, 2.24) is 0 Å². The first kappa shape index (κ1) is 17.3. The number of nitrogens with zero attached hydrogens (tertiary/aromatic N) is 1. The first-order chi connectivity index (χ1) is 14.3. The van der Waals surface area contributed by atoms with Gasteiger partial charge in [0, 0.05) is 28.6 Å². The Morgan fingerprint density at radius 3 is 1.97 bits per heavy atom. The molecule has 0 saturated heterocycles. The van der Waals surface area contributed by atoms with Gasteiger partial charge in [-0.1, -0.05) is 72.8 Å². The predicted molar refractivity (Wildman–Crippen MR) is 117 cm³/mol. The van der Waals surface area contributed by atoms with Crippen LogP contribution in [-0.4, -0.2) is 5.78 Å². The lowest BCUT2D eigenvalue weighted by Gasteiger charge is -2.06. The molecule has 3 aromatic rings. The summed E-state index contributed by atoms with van der Waals surface area (Å²) >= 11 is 0. The Kier molecular flexibility index (Phi) is 4.38. The van der Waals surface area contributed by atoms with Gasteiger partial charge in [0.25, 0.3) is 0 Å². The molecule has 29 heavy (non-hydrogen) atoms. The number of hydrogen-bond acceptors (Lipinski definition) is 1. The van der Waals surface area contributed by atoms with Gasteiger partial charge in [-0.15, -0.1) is 0 Å². The maximum Gasteiger partial charge on any atom is 0.227 e. The van der Waals surface area contributed by atoms with Crippen molar-refractivity contribution < 1.29 is 9.36 Å². The predicted octanol–water partition coefficient (Wildman–Crippen LogP) is 5.78. The molecule has 0 spiro atoms. The average Bonchev–Trinajstić information content (AvgIpc) is 3.04. The van der Waals surface area contributed by atoms with Crippen molar-refractivity contribution >= 4 is 16.7 Å². The summed E-state index contributed by atoms with van der Waals surface area (Å²) in [6.07, 6.45) is 0. The molecule has 0 aliphatic heterocycles. The molecule has 0 N–H and O–H groups in total. The van der Waals surface area contributed by atoms with Crippen LogP contribution in [0.5, 0.6) is 0 Å². The summed E-state index contributed by atoms with van der Waals surface area (Å²) in [7, 11) is 0. The number of pyridine rings is 1. The van der Waals surface area contributed by atoms with Gasteiger partial charge in [-0.2, -0.15) is 4.57 Å². The maximum absolute atomic E-state index is 13.0. The van der Waals surface area contributed by atoms with E-state index in [0.29, 0.717) is 6.54 Å². The molecule has 2 aromatic carbocycles. The Balaban J connectivity index is 1.68. The fraction of sp³-hybridized carbons (Fsp3) is 0.0370. The number of carbonyl (C=O) groups is 1. The van der Waals surface area contributed by atoms with Crippen LogP contribution in [0.25, 0.3) is 33.3 Å². The normalized spacial score (nSPS) is 11.0. The lowest BCUT2D eigenvalue weighted by molar-refractivity contribution is -0.646. The van der Waals surface area contributed by atoms with E-state index in [-0.39, 0.29) is 5.78 Å². The molecule has 1 heterocycles. The topological polar surface area (TPSA) is 20.9 Å². The molecule has 2 heteroatoms. The van der Waals surface area contributed by atoms with Crippen molar-refractivity contribution in [2.75, 3.05) is 0 Å². The third-order valence-electron chi connectivity index (χ3n) is 5.36. The zero-order chi connectivity index (χ0) is 19.6. The van der Waals surface area contributed by atoms with E-state index in [2.05, 4.69) is 65.2 Å². The highest BCUT2D eigenvalue weighted by Crippen LogP contribution is 2.31. The zero-order valence-corrected chi connectivity index (χ0v) is 16.0. The number of hydrogen-bond donors (Lipinski definition) is 0. The van der Waals surface area contributed by atoms with Crippen LogP contribution >= 0.6 is 0 Å². The van der Waals surface area contributed by atoms with Gasteiger partial charge in [0.15, 0.2) is 0 Å². The summed E-state index contributed by atoms with van der Waals surface area (Å²) in [5.41, 5.74) is 6.35. The maximum atomic E-state index is 13.0. The van der Waals surface area contributed by atoms with Crippen LogP contribution in [0, 0.1) is 0 Å². The minimum absolute atomic E-state index is 0.107. The molecule has 138 valence electrons. The van der Waals surface area contributed by atoms with Gasteiger partial charge in [0.2, 0.25) is 23.5 Å². The number of benzene rings is 2. The first-order valence-corrected chi connectivity index (χ1v) is 9.79. The summed E-state index contributed by atoms with van der Waals surface area (Å²) in [6.45, 7) is 0.302. The van der Waals surface area contributed by atoms with Crippen molar-refractivity contribution in [2.24, 2.45) is 0 Å². The van der Waals surface area contributed by atoms with Crippen molar-refractivity contribution in [3.63, 3.8) is 0 Å². The standard InChI is InChI=1S/C27H20NO/c29-27(21-10-3-1-4-11-21)19-28-25-14-8-7-9-20(25)15-16-26(28)24-17-22-12-5-2-6-13-23(22)18-24/h1-18H,19H2/q+1. The number of para-hydroxylation sites is 1. The van der Waals surface area contributed by atoms with Crippen LogP contribution in [0.3, 0.4) is 0 Å². The Hall–Kier alpha value is -3.78. The third kappa shape index (κ3) is 3.30. The molecule has 1 aromatic heterocycles. The molecular weight excluding hydrogens is 354 g/mol. The number of ketones is 1. The van der Waals surface area contributed by atoms with E-state index in [1.165, 1.54) is 11.1 Å². The van der Waals surface area contributed by atoms with E-state index >= 15 is 0 Å². The molecule has 0 unspecified atom stereocenters. The summed E-state index contributed by atoms with van der Waals surface area (Å²) in [5.74, 6) is 0.107. The average molecular weight is 374 g/mol. The Labute approximate surface area is 170 Å². The SMILES string of the molecule is O=C(C[n+]1c(-c2cc3cccccc-3c2)ccc2ccccc21)c1ccccc1. The molecule has 2 nitrogen and oxygen atoms in total. The van der Waals surface area contributed by atoms with Gasteiger partial charge in [-0.3, -0.25) is 4.79 Å². The van der Waals surface area contributed by atoms with E-state index in [9.17, 15) is 4.79 Å². The lowest BCUT2D eigenvalue weighted by Crippen LogP contribution is -2.41. The summed E-state index contributed by atoms with van der Waals surface area (Å²) in [6, 6.07) is 36.8. The zero-order valence-electron chi connectivity index (χ0n) is 16.0. The van der Waals surface area contributed by atoms with Crippen LogP contribution in [0.15, 0.2) is 109 Å². The molecule has 0 bridgehead atoms. The van der Waals surface area contributed by atoms with Crippen molar-refractivity contribution in [1.29, 1.82) is 0 Å². The summed E-state index contributed by atoms with van der Waals surface area (Å²) in [4.78, 5) is 13.0. The van der Waals surface area contributed by atoms with Crippen LogP contribution < -0.4 is 4.57 Å². The Bertz CT molecular complexity index is 1260. The molecule has 0 atom stereocenters. The quantitative estimate of drug-likeness (QED) is 0.288. The molecule has 0 saturated carbocycles. The number of carbonyl (C=O) groups excluding carboxylic acids is 1. The number of fused-ring (bicyclic) bond motifs is 2. The van der Waals surface area contributed by atoms with E-state index in [0.717, 1.165) is 27.7 Å². The fourth-order valence-corrected chi connectivity index (χ4v) is 3.91. The van der Waals surface area contributed by atoms with Crippen molar-refractivity contribution in [3.05, 3.63) is 115 Å². The molecule has 2 aliphatic rings. The number of rotatable bonds is 4. The van der Waals surface area contributed by atoms with Gasteiger partial charge in [0.1, 0.15) is 0 Å². The summed E-state index contributed by atoms with van der Waals surface area (Å²) < 4.78 is 2.14. The van der Waals surface area contributed by atoms with Gasteiger partial charge in [0.05, 0.1) is 0 Å². The second kappa shape index (κ2) is 7.33. The van der Waals surface area contributed by atoms with Gasteiger partial charge in [-0.25, -0.2) is 0 Å². The van der Waals surface area contributed by atoms with Crippen LogP contribution in [-0.2, 0) is 6.54 Å². The highest BCUT2D eigenvalue weighted by atomic mass is 16.1. The Morgan fingerprint density at radius 2 is 1.24 bits per heavy atom. The highest BCUT2D eigenvalue weighted by molar-refractivity contribution is 5.95. The van der Waals surface area contributed by atoms with Gasteiger partial charge in [-0.05, 0) is 35.4 Å². The molecule has 0 fully saturated rings. The molecule has 2 aliphatic carbocycles. The van der Waals surface area contributed by atoms with E-state index < -0.39 is 0 Å². The molecule has 0 radical (unpaired) electrons. The van der Waals surface area contributed by atoms with Crippen molar-refractivity contribution in [3.8, 4) is 22.4 Å². The third-order valence-corrected chi connectivity index (χ3v) is 5.36. The van der Waals surface area contributed by atoms with E-state index in [4.69, 9.17) is 0 Å². The number of aromatic nitrogens is 1. The smallest absolute Gasteiger partial charge is 0.227 e. The molecule has 0 amide bonds. The first-order valence-electron chi connectivity index (χ1n) is 9.79. The van der Waals surface area contributed by atoms with Crippen molar-refractivity contribution in [2.45, 2.75) is 6.54 Å². The van der Waals surface area contributed by atoms with E-state index in [1.54, 1.807) is 0 Å². The minimum atomic E-state index is 0.107. The lowest BCUT2D eigenvalue weighted by atomic mass is 10.1. The van der Waals surface area contributed by atoms with Crippen LogP contribution in [0.4, 0.5) is 0 Å². The van der Waals surface area contributed by atoms with E-state index in [1.807, 2.05) is 48.5 Å². The summed E-state index contributed by atoms with van der Waals surface area (Å²) in [5, 5.41) is 1.12. The monoisotopic (exact) mass is 374 g/mol. The number of Topliss-reactive ketones (excluding diaryl/α,β-unsaturated/α-hetero) is 1. The minimum Gasteiger partial charge on any atom is -0.287 e. The molecule has 5 rings (SSSR count). The fourth-order valence-electron chi connectivity index (χ4n) is 3.91. The van der Waals surface area contributed by atoms with Crippen LogP contribution in [0.1, 0.15) is 10.4 Å². The molecular formula is C27H20NO+. The largest absolute Gasteiger partial charge is 0.287 e. The Morgan fingerprint density at radius 1 is 0.621 bits per heavy atom. The van der Waals surface area contributed by atoms with Gasteiger partial charge < -0.3 is 0 Å². The highest BCUT2D eigenvalue weighted by Gasteiger charge is 2.23. The van der Waals surface area contributed by atoms with Crippen LogP contribution in [0.2, 0.25) is 0 Å². The second-order valence-corrected chi connectivity index (χ2v) is 7.22.